The summed E-state index contributed by atoms with van der Waals surface area (Å²) in [6, 6.07) is 12.0. The number of rotatable bonds is 3. The first-order valence-electron chi connectivity index (χ1n) is 8.34. The predicted octanol–water partition coefficient (Wildman–Crippen LogP) is 5.08. The fraction of sp³-hybridized carbons (Fsp3) is 0.200. The van der Waals surface area contributed by atoms with E-state index in [1.807, 2.05) is 5.38 Å². The number of nitrogens with one attached hydrogen (secondary N) is 1. The lowest BCUT2D eigenvalue weighted by Gasteiger charge is -2.16. The molecule has 1 N–H and O–H groups in total. The average Bonchev–Trinajstić information content (AvgIpc) is 3.10. The van der Waals surface area contributed by atoms with Crippen molar-refractivity contribution in [3.8, 4) is 11.3 Å². The van der Waals surface area contributed by atoms with E-state index in [4.69, 9.17) is 0 Å². The summed E-state index contributed by atoms with van der Waals surface area (Å²) in [5.74, 6) is -0.646. The largest absolute Gasteiger partial charge is 0.298 e. The number of anilines is 1. The van der Waals surface area contributed by atoms with Gasteiger partial charge < -0.3 is 0 Å². The van der Waals surface area contributed by atoms with Crippen LogP contribution in [0.4, 0.5) is 9.52 Å². The van der Waals surface area contributed by atoms with Crippen LogP contribution < -0.4 is 5.32 Å². The normalized spacial score (nSPS) is 13.3. The lowest BCUT2D eigenvalue weighted by Crippen LogP contribution is -2.11. The van der Waals surface area contributed by atoms with E-state index in [9.17, 15) is 9.18 Å². The van der Waals surface area contributed by atoms with E-state index in [0.717, 1.165) is 24.1 Å². The molecule has 0 radical (unpaired) electrons. The summed E-state index contributed by atoms with van der Waals surface area (Å²) in [4.78, 5) is 16.7. The van der Waals surface area contributed by atoms with Gasteiger partial charge in [0.1, 0.15) is 5.82 Å². The highest BCUT2D eigenvalue weighted by molar-refractivity contribution is 7.14. The van der Waals surface area contributed by atoms with Crippen LogP contribution in [0.2, 0.25) is 0 Å². The summed E-state index contributed by atoms with van der Waals surface area (Å²) >= 11 is 1.39. The van der Waals surface area contributed by atoms with Gasteiger partial charge in [-0.1, -0.05) is 12.1 Å². The first kappa shape index (κ1) is 16.0. The summed E-state index contributed by atoms with van der Waals surface area (Å²) in [6.07, 6.45) is 4.79. The Hall–Kier alpha value is -2.53. The molecule has 0 atom stereocenters. The van der Waals surface area contributed by atoms with Gasteiger partial charge in [-0.15, -0.1) is 11.3 Å². The second kappa shape index (κ2) is 6.76. The van der Waals surface area contributed by atoms with Crippen LogP contribution >= 0.6 is 11.3 Å². The van der Waals surface area contributed by atoms with Gasteiger partial charge in [-0.3, -0.25) is 10.1 Å². The third kappa shape index (κ3) is 3.46. The van der Waals surface area contributed by atoms with Gasteiger partial charge in [0.15, 0.2) is 5.13 Å². The molecule has 0 aliphatic heterocycles. The van der Waals surface area contributed by atoms with Gasteiger partial charge in [-0.2, -0.15) is 0 Å². The molecule has 3 aromatic rings. The van der Waals surface area contributed by atoms with Crippen LogP contribution in [0.15, 0.2) is 47.8 Å². The molecule has 25 heavy (non-hydrogen) atoms. The van der Waals surface area contributed by atoms with Gasteiger partial charge in [-0.25, -0.2) is 9.37 Å². The zero-order chi connectivity index (χ0) is 17.2. The summed E-state index contributed by atoms with van der Waals surface area (Å²) < 4.78 is 12.9. The van der Waals surface area contributed by atoms with Crippen molar-refractivity contribution in [1.29, 1.82) is 0 Å². The van der Waals surface area contributed by atoms with Crippen molar-refractivity contribution in [3.05, 3.63) is 70.4 Å². The van der Waals surface area contributed by atoms with Crippen molar-refractivity contribution in [1.82, 2.24) is 4.98 Å². The molecule has 2 aromatic carbocycles. The molecule has 1 aliphatic carbocycles. The van der Waals surface area contributed by atoms with E-state index < -0.39 is 0 Å². The van der Waals surface area contributed by atoms with E-state index in [1.54, 1.807) is 0 Å². The van der Waals surface area contributed by atoms with Crippen LogP contribution in [0.3, 0.4) is 0 Å². The van der Waals surface area contributed by atoms with Crippen LogP contribution in [0.25, 0.3) is 11.3 Å². The summed E-state index contributed by atoms with van der Waals surface area (Å²) in [5, 5.41) is 5.27. The Labute approximate surface area is 149 Å². The topological polar surface area (TPSA) is 42.0 Å². The number of aromatic nitrogens is 1. The predicted molar refractivity (Wildman–Crippen MR) is 98.5 cm³/mol. The van der Waals surface area contributed by atoms with Crippen molar-refractivity contribution in [2.24, 2.45) is 0 Å². The maximum atomic E-state index is 12.9. The summed E-state index contributed by atoms with van der Waals surface area (Å²) in [5.41, 5.74) is 5.21. The van der Waals surface area contributed by atoms with Crippen molar-refractivity contribution < 1.29 is 9.18 Å². The van der Waals surface area contributed by atoms with Crippen LogP contribution in [0.5, 0.6) is 0 Å². The number of fused-ring (bicyclic) bond motifs is 1. The van der Waals surface area contributed by atoms with Gasteiger partial charge in [-0.05, 0) is 67.1 Å². The maximum Gasteiger partial charge on any atom is 0.257 e. The van der Waals surface area contributed by atoms with Gasteiger partial charge in [0, 0.05) is 16.5 Å². The number of hydrogen-bond acceptors (Lipinski definition) is 3. The quantitative estimate of drug-likeness (QED) is 0.714. The molecular weight excluding hydrogens is 335 g/mol. The Kier molecular flexibility index (Phi) is 4.32. The van der Waals surface area contributed by atoms with Crippen LogP contribution in [-0.4, -0.2) is 10.9 Å². The molecule has 0 unspecified atom stereocenters. The first-order chi connectivity index (χ1) is 12.2. The maximum absolute atomic E-state index is 12.9. The molecule has 1 aliphatic rings. The van der Waals surface area contributed by atoms with E-state index in [0.29, 0.717) is 10.7 Å². The summed E-state index contributed by atoms with van der Waals surface area (Å²) in [6.45, 7) is 0. The molecule has 5 heteroatoms. The number of hydrogen-bond donors (Lipinski definition) is 1. The minimum absolute atomic E-state index is 0.286. The molecular formula is C20H17FN2OS. The van der Waals surface area contributed by atoms with E-state index in [-0.39, 0.29) is 11.7 Å². The Morgan fingerprint density at radius 3 is 2.60 bits per heavy atom. The zero-order valence-corrected chi connectivity index (χ0v) is 14.4. The summed E-state index contributed by atoms with van der Waals surface area (Å²) in [7, 11) is 0. The number of carbonyl (C=O) groups is 1. The standard InChI is InChI=1S/C20H17FN2OS/c21-17-9-7-14(8-10-17)19(24)23-20-22-18(12-25-20)16-6-5-13-3-1-2-4-15(13)11-16/h5-12H,1-4H2,(H,22,23,24). The number of nitrogens with zero attached hydrogens (tertiary/aromatic N) is 1. The third-order valence-electron chi connectivity index (χ3n) is 4.48. The number of thiazole rings is 1. The Morgan fingerprint density at radius 1 is 1.04 bits per heavy atom. The third-order valence-corrected chi connectivity index (χ3v) is 5.23. The molecule has 1 amide bonds. The first-order valence-corrected chi connectivity index (χ1v) is 9.21. The van der Waals surface area contributed by atoms with Gasteiger partial charge in [0.05, 0.1) is 5.69 Å². The number of aryl methyl sites for hydroxylation is 2. The molecule has 126 valence electrons. The van der Waals surface area contributed by atoms with E-state index >= 15 is 0 Å². The molecule has 0 bridgehead atoms. The van der Waals surface area contributed by atoms with Crippen molar-refractivity contribution in [2.75, 3.05) is 5.32 Å². The molecule has 0 fully saturated rings. The zero-order valence-electron chi connectivity index (χ0n) is 13.6. The van der Waals surface area contributed by atoms with Crippen molar-refractivity contribution >= 4 is 22.4 Å². The second-order valence-electron chi connectivity index (χ2n) is 6.19. The highest BCUT2D eigenvalue weighted by Crippen LogP contribution is 2.29. The van der Waals surface area contributed by atoms with E-state index in [1.165, 1.54) is 59.6 Å². The second-order valence-corrected chi connectivity index (χ2v) is 7.05. The van der Waals surface area contributed by atoms with E-state index in [2.05, 4.69) is 28.5 Å². The molecule has 0 saturated carbocycles. The highest BCUT2D eigenvalue weighted by Gasteiger charge is 2.13. The molecule has 0 saturated heterocycles. The Morgan fingerprint density at radius 2 is 1.80 bits per heavy atom. The Bertz CT molecular complexity index is 918. The van der Waals surface area contributed by atoms with Gasteiger partial charge in [0.2, 0.25) is 0 Å². The minimum atomic E-state index is -0.361. The fourth-order valence-corrected chi connectivity index (χ4v) is 3.84. The average molecular weight is 352 g/mol. The minimum Gasteiger partial charge on any atom is -0.298 e. The molecule has 1 aromatic heterocycles. The molecule has 0 spiro atoms. The number of benzene rings is 2. The molecule has 1 heterocycles. The molecule has 3 nitrogen and oxygen atoms in total. The number of carbonyl (C=O) groups excluding carboxylic acids is 1. The highest BCUT2D eigenvalue weighted by atomic mass is 32.1. The van der Waals surface area contributed by atoms with Gasteiger partial charge >= 0.3 is 0 Å². The fourth-order valence-electron chi connectivity index (χ4n) is 3.13. The smallest absolute Gasteiger partial charge is 0.257 e. The van der Waals surface area contributed by atoms with Crippen LogP contribution in [-0.2, 0) is 12.8 Å². The lowest BCUT2D eigenvalue weighted by atomic mass is 9.90. The van der Waals surface area contributed by atoms with Gasteiger partial charge in [0.25, 0.3) is 5.91 Å². The van der Waals surface area contributed by atoms with Crippen LogP contribution in [0, 0.1) is 5.82 Å². The number of amides is 1. The van der Waals surface area contributed by atoms with Crippen LogP contribution in [0.1, 0.15) is 34.3 Å². The lowest BCUT2D eigenvalue weighted by molar-refractivity contribution is 0.102. The molecule has 4 rings (SSSR count). The monoisotopic (exact) mass is 352 g/mol. The number of halogens is 1. The van der Waals surface area contributed by atoms with Crippen molar-refractivity contribution in [2.45, 2.75) is 25.7 Å². The SMILES string of the molecule is O=C(Nc1nc(-c2ccc3c(c2)CCCC3)cs1)c1ccc(F)cc1. The Balaban J connectivity index is 1.52. The van der Waals surface area contributed by atoms with Crippen molar-refractivity contribution in [3.63, 3.8) is 0 Å².